The predicted octanol–water partition coefficient (Wildman–Crippen LogP) is 23.8. The molecule has 0 heteroatoms. The van der Waals surface area contributed by atoms with Gasteiger partial charge in [0.05, 0.1) is 0 Å². The Hall–Kier alpha value is -6.24. The molecule has 0 aliphatic heterocycles. The zero-order valence-corrected chi connectivity index (χ0v) is 50.4. The van der Waals surface area contributed by atoms with Crippen LogP contribution in [0.4, 0.5) is 0 Å². The standard InChI is InChI=1S/4C20H24/c4*1-15-3-7-17(8-4-15)19-11-13-20(14-12-19)18-9-5-16(2)6-10-18/h4*3-4,7-8,11-14,16,18H,5-6,9-10H2,1-2H3. The second-order valence-corrected chi connectivity index (χ2v) is 25.8. The van der Waals surface area contributed by atoms with Gasteiger partial charge in [0.2, 0.25) is 0 Å². The molecule has 8 aromatic carbocycles. The second kappa shape index (κ2) is 29.0. The predicted molar refractivity (Wildman–Crippen MR) is 348 cm³/mol. The van der Waals surface area contributed by atoms with Gasteiger partial charge in [-0.25, -0.2) is 0 Å². The van der Waals surface area contributed by atoms with Crippen molar-refractivity contribution in [3.63, 3.8) is 0 Å². The molecule has 0 atom stereocenters. The Labute approximate surface area is 486 Å². The Kier molecular flexibility index (Phi) is 21.1. The highest BCUT2D eigenvalue weighted by Crippen LogP contribution is 2.40. The summed E-state index contributed by atoms with van der Waals surface area (Å²) in [6, 6.07) is 72.3. The molecule has 12 rings (SSSR count). The molecule has 0 radical (unpaired) electrons. The zero-order valence-electron chi connectivity index (χ0n) is 50.4. The minimum absolute atomic E-state index is 0.790. The van der Waals surface area contributed by atoms with E-state index in [4.69, 9.17) is 0 Å². The molecule has 0 aromatic heterocycles. The summed E-state index contributed by atoms with van der Waals surface area (Å²) >= 11 is 0. The van der Waals surface area contributed by atoms with Crippen molar-refractivity contribution >= 4 is 0 Å². The van der Waals surface area contributed by atoms with Gasteiger partial charge >= 0.3 is 0 Å². The van der Waals surface area contributed by atoms with E-state index in [1.165, 1.54) is 192 Å². The maximum atomic E-state index is 2.39. The Bertz CT molecular complexity index is 2590. The van der Waals surface area contributed by atoms with Crippen molar-refractivity contribution in [2.24, 2.45) is 23.7 Å². The normalized spacial score (nSPS) is 22.7. The van der Waals surface area contributed by atoms with Gasteiger partial charge in [0, 0.05) is 0 Å². The maximum absolute atomic E-state index is 2.39. The third-order valence-electron chi connectivity index (χ3n) is 19.1. The van der Waals surface area contributed by atoms with Crippen LogP contribution in [0.3, 0.4) is 0 Å². The number of rotatable bonds is 8. The van der Waals surface area contributed by atoms with E-state index in [1.807, 2.05) is 0 Å². The van der Waals surface area contributed by atoms with E-state index in [0.29, 0.717) is 0 Å². The Morgan fingerprint density at radius 3 is 0.438 bits per heavy atom. The first kappa shape index (κ1) is 58.4. The van der Waals surface area contributed by atoms with E-state index in [2.05, 4.69) is 250 Å². The Morgan fingerprint density at radius 2 is 0.300 bits per heavy atom. The van der Waals surface area contributed by atoms with Gasteiger partial charge in [0.25, 0.3) is 0 Å². The monoisotopic (exact) mass is 1060 g/mol. The highest BCUT2D eigenvalue weighted by atomic mass is 14.3. The van der Waals surface area contributed by atoms with Crippen LogP contribution in [0.15, 0.2) is 194 Å². The van der Waals surface area contributed by atoms with Crippen molar-refractivity contribution in [2.45, 2.75) is 182 Å². The Balaban J connectivity index is 0.000000129. The summed E-state index contributed by atoms with van der Waals surface area (Å²) in [4.78, 5) is 0. The van der Waals surface area contributed by atoms with Crippen molar-refractivity contribution in [1.29, 1.82) is 0 Å². The Morgan fingerprint density at radius 1 is 0.175 bits per heavy atom. The lowest BCUT2D eigenvalue weighted by Gasteiger charge is -2.26. The molecule has 0 nitrogen and oxygen atoms in total. The molecule has 4 aliphatic carbocycles. The minimum Gasteiger partial charge on any atom is -0.0625 e. The van der Waals surface area contributed by atoms with Gasteiger partial charge in [0.15, 0.2) is 0 Å². The quantitative estimate of drug-likeness (QED) is 0.142. The molecule has 80 heavy (non-hydrogen) atoms. The SMILES string of the molecule is Cc1ccc(-c2ccc(C3CCC(C)CC3)cc2)cc1.Cc1ccc(-c2ccc(C3CCC(C)CC3)cc2)cc1.Cc1ccc(-c2ccc(C3CCC(C)CC3)cc2)cc1.Cc1ccc(-c2ccc(C3CCC(C)CC3)cc2)cc1. The lowest BCUT2D eigenvalue weighted by atomic mass is 9.79. The molecule has 416 valence electrons. The van der Waals surface area contributed by atoms with Crippen molar-refractivity contribution in [2.75, 3.05) is 0 Å². The molecule has 0 unspecified atom stereocenters. The van der Waals surface area contributed by atoms with Gasteiger partial charge in [-0.1, -0.05) is 295 Å². The van der Waals surface area contributed by atoms with Crippen LogP contribution in [0.25, 0.3) is 44.5 Å². The van der Waals surface area contributed by atoms with Gasteiger partial charge in [-0.15, -0.1) is 0 Å². The molecule has 0 N–H and O–H groups in total. The molecule has 0 heterocycles. The van der Waals surface area contributed by atoms with Crippen LogP contribution in [-0.2, 0) is 0 Å². The van der Waals surface area contributed by atoms with Gasteiger partial charge in [-0.3, -0.25) is 0 Å². The molecule has 0 bridgehead atoms. The number of hydrogen-bond donors (Lipinski definition) is 0. The van der Waals surface area contributed by atoms with Crippen molar-refractivity contribution < 1.29 is 0 Å². The number of benzene rings is 8. The average Bonchev–Trinajstić information content (AvgIpc) is 3.50. The maximum Gasteiger partial charge on any atom is -0.0162 e. The number of hydrogen-bond acceptors (Lipinski definition) is 0. The van der Waals surface area contributed by atoms with E-state index in [0.717, 1.165) is 47.3 Å². The van der Waals surface area contributed by atoms with E-state index < -0.39 is 0 Å². The highest BCUT2D eigenvalue weighted by molar-refractivity contribution is 5.67. The molecule has 8 aromatic rings. The summed E-state index contributed by atoms with van der Waals surface area (Å²) in [5, 5.41) is 0. The van der Waals surface area contributed by atoms with Crippen LogP contribution in [0, 0.1) is 51.4 Å². The average molecular weight is 1060 g/mol. The summed E-state index contributed by atoms with van der Waals surface area (Å²) in [7, 11) is 0. The first-order chi connectivity index (χ1) is 38.9. The third-order valence-corrected chi connectivity index (χ3v) is 19.1. The molecule has 4 aliphatic rings. The van der Waals surface area contributed by atoms with Crippen molar-refractivity contribution in [1.82, 2.24) is 0 Å². The second-order valence-electron chi connectivity index (χ2n) is 25.8. The van der Waals surface area contributed by atoms with Crippen LogP contribution >= 0.6 is 0 Å². The van der Waals surface area contributed by atoms with E-state index >= 15 is 0 Å². The molecule has 4 fully saturated rings. The van der Waals surface area contributed by atoms with Crippen LogP contribution < -0.4 is 0 Å². The minimum atomic E-state index is 0.790. The van der Waals surface area contributed by atoms with Gasteiger partial charge < -0.3 is 0 Å². The van der Waals surface area contributed by atoms with Crippen molar-refractivity contribution in [3.05, 3.63) is 239 Å². The van der Waals surface area contributed by atoms with Crippen LogP contribution in [0.1, 0.15) is 199 Å². The first-order valence-corrected chi connectivity index (χ1v) is 31.6. The smallest absolute Gasteiger partial charge is 0.0162 e. The topological polar surface area (TPSA) is 0 Å². The molecule has 0 spiro atoms. The fourth-order valence-electron chi connectivity index (χ4n) is 13.1. The van der Waals surface area contributed by atoms with Crippen LogP contribution in [0.2, 0.25) is 0 Å². The fraction of sp³-hybridized carbons (Fsp3) is 0.400. The van der Waals surface area contributed by atoms with Gasteiger partial charge in [-0.2, -0.15) is 0 Å². The number of aryl methyl sites for hydroxylation is 4. The third kappa shape index (κ3) is 16.9. The molecule has 4 saturated carbocycles. The lowest BCUT2D eigenvalue weighted by molar-refractivity contribution is 0.348. The fourth-order valence-corrected chi connectivity index (χ4v) is 13.1. The zero-order chi connectivity index (χ0) is 55.8. The first-order valence-electron chi connectivity index (χ1n) is 31.6. The van der Waals surface area contributed by atoms with Crippen molar-refractivity contribution in [3.8, 4) is 44.5 Å². The highest BCUT2D eigenvalue weighted by Gasteiger charge is 2.23. The molecule has 0 saturated heterocycles. The van der Waals surface area contributed by atoms with E-state index in [9.17, 15) is 0 Å². The molecular weight excluding hydrogens is 961 g/mol. The van der Waals surface area contributed by atoms with Gasteiger partial charge in [0.1, 0.15) is 0 Å². The summed E-state index contributed by atoms with van der Waals surface area (Å²) in [6.45, 7) is 18.1. The van der Waals surface area contributed by atoms with E-state index in [1.54, 1.807) is 0 Å². The summed E-state index contributed by atoms with van der Waals surface area (Å²) in [6.07, 6.45) is 22.1. The largest absolute Gasteiger partial charge is 0.0625 e. The molecule has 0 amide bonds. The summed E-state index contributed by atoms with van der Waals surface area (Å²) < 4.78 is 0. The summed E-state index contributed by atoms with van der Waals surface area (Å²) in [5.41, 5.74) is 22.0. The lowest BCUT2D eigenvalue weighted by Crippen LogP contribution is -2.10. The summed E-state index contributed by atoms with van der Waals surface area (Å²) in [5.74, 6) is 6.88. The van der Waals surface area contributed by atoms with Crippen LogP contribution in [0.5, 0.6) is 0 Å². The van der Waals surface area contributed by atoms with E-state index in [-0.39, 0.29) is 0 Å². The molecular formula is C80H96. The van der Waals surface area contributed by atoms with Crippen LogP contribution in [-0.4, -0.2) is 0 Å². The van der Waals surface area contributed by atoms with Gasteiger partial charge in [-0.05, 0) is 193 Å².